The SMILES string of the molecule is CCCCc1ccc(C2CCC(C3CCC(C)CC3)CC2)cc1. The zero-order valence-corrected chi connectivity index (χ0v) is 15.4. The number of rotatable bonds is 5. The van der Waals surface area contributed by atoms with Gasteiger partial charge in [-0.1, -0.05) is 57.4 Å². The topological polar surface area (TPSA) is 0 Å². The zero-order valence-electron chi connectivity index (χ0n) is 15.4. The molecule has 3 rings (SSSR count). The Bertz CT molecular complexity index is 441. The average Bonchev–Trinajstić information content (AvgIpc) is 2.61. The maximum atomic E-state index is 2.44. The third-order valence-electron chi connectivity index (χ3n) is 6.77. The van der Waals surface area contributed by atoms with Crippen LogP contribution in [-0.2, 0) is 6.42 Å². The van der Waals surface area contributed by atoms with Gasteiger partial charge in [-0.15, -0.1) is 0 Å². The van der Waals surface area contributed by atoms with Gasteiger partial charge in [-0.3, -0.25) is 0 Å². The lowest BCUT2D eigenvalue weighted by Gasteiger charge is -2.37. The lowest BCUT2D eigenvalue weighted by atomic mass is 9.68. The maximum absolute atomic E-state index is 2.44. The van der Waals surface area contributed by atoms with Crippen molar-refractivity contribution in [1.82, 2.24) is 0 Å². The molecule has 2 saturated carbocycles. The van der Waals surface area contributed by atoms with Crippen LogP contribution in [-0.4, -0.2) is 0 Å². The maximum Gasteiger partial charge on any atom is -0.0162 e. The van der Waals surface area contributed by atoms with Gasteiger partial charge < -0.3 is 0 Å². The molecular formula is C23H36. The second kappa shape index (κ2) is 8.36. The number of hydrogen-bond donors (Lipinski definition) is 0. The van der Waals surface area contributed by atoms with E-state index in [1.807, 2.05) is 0 Å². The fraction of sp³-hybridized carbons (Fsp3) is 0.739. The Balaban J connectivity index is 1.48. The molecule has 0 unspecified atom stereocenters. The van der Waals surface area contributed by atoms with Crippen molar-refractivity contribution in [3.8, 4) is 0 Å². The minimum Gasteiger partial charge on any atom is -0.0654 e. The van der Waals surface area contributed by atoms with E-state index in [1.54, 1.807) is 5.56 Å². The van der Waals surface area contributed by atoms with E-state index in [0.717, 1.165) is 23.7 Å². The van der Waals surface area contributed by atoms with Crippen molar-refractivity contribution in [3.05, 3.63) is 35.4 Å². The van der Waals surface area contributed by atoms with Crippen molar-refractivity contribution in [2.75, 3.05) is 0 Å². The predicted octanol–water partition coefficient (Wildman–Crippen LogP) is 7.13. The third kappa shape index (κ3) is 4.61. The molecule has 2 fully saturated rings. The summed E-state index contributed by atoms with van der Waals surface area (Å²) in [5.41, 5.74) is 3.14. The predicted molar refractivity (Wildman–Crippen MR) is 101 cm³/mol. The Morgan fingerprint density at radius 3 is 1.91 bits per heavy atom. The van der Waals surface area contributed by atoms with Crippen LogP contribution in [0.15, 0.2) is 24.3 Å². The Morgan fingerprint density at radius 2 is 1.35 bits per heavy atom. The van der Waals surface area contributed by atoms with Gasteiger partial charge in [0.25, 0.3) is 0 Å². The molecule has 0 heteroatoms. The molecule has 0 aromatic heterocycles. The van der Waals surface area contributed by atoms with Crippen LogP contribution in [0.5, 0.6) is 0 Å². The highest BCUT2D eigenvalue weighted by Gasteiger charge is 2.30. The van der Waals surface area contributed by atoms with E-state index in [1.165, 1.54) is 76.2 Å². The molecule has 0 saturated heterocycles. The van der Waals surface area contributed by atoms with Gasteiger partial charge in [0, 0.05) is 0 Å². The number of benzene rings is 1. The Morgan fingerprint density at radius 1 is 0.783 bits per heavy atom. The van der Waals surface area contributed by atoms with Crippen molar-refractivity contribution in [3.63, 3.8) is 0 Å². The molecule has 128 valence electrons. The molecule has 2 aliphatic carbocycles. The number of aryl methyl sites for hydroxylation is 1. The molecule has 0 heterocycles. The van der Waals surface area contributed by atoms with Gasteiger partial charge in [0.2, 0.25) is 0 Å². The summed E-state index contributed by atoms with van der Waals surface area (Å²) in [6.07, 6.45) is 15.7. The first kappa shape index (κ1) is 17.1. The molecule has 0 N–H and O–H groups in total. The molecule has 0 bridgehead atoms. The molecule has 0 amide bonds. The zero-order chi connectivity index (χ0) is 16.1. The lowest BCUT2D eigenvalue weighted by Crippen LogP contribution is -2.24. The normalized spacial score (nSPS) is 31.9. The van der Waals surface area contributed by atoms with Gasteiger partial charge in [0.15, 0.2) is 0 Å². The van der Waals surface area contributed by atoms with Gasteiger partial charge in [-0.2, -0.15) is 0 Å². The van der Waals surface area contributed by atoms with E-state index in [9.17, 15) is 0 Å². The van der Waals surface area contributed by atoms with Gasteiger partial charge in [0.05, 0.1) is 0 Å². The fourth-order valence-corrected chi connectivity index (χ4v) is 5.02. The first-order valence-electron chi connectivity index (χ1n) is 10.3. The molecule has 1 aromatic rings. The largest absolute Gasteiger partial charge is 0.0654 e. The summed E-state index contributed by atoms with van der Waals surface area (Å²) in [6.45, 7) is 4.72. The van der Waals surface area contributed by atoms with Crippen LogP contribution < -0.4 is 0 Å². The molecule has 0 spiro atoms. The highest BCUT2D eigenvalue weighted by atomic mass is 14.4. The van der Waals surface area contributed by atoms with Gasteiger partial charge in [-0.05, 0) is 86.2 Å². The molecular weight excluding hydrogens is 276 g/mol. The number of hydrogen-bond acceptors (Lipinski definition) is 0. The molecule has 0 atom stereocenters. The van der Waals surface area contributed by atoms with E-state index >= 15 is 0 Å². The van der Waals surface area contributed by atoms with Crippen molar-refractivity contribution < 1.29 is 0 Å². The van der Waals surface area contributed by atoms with E-state index in [-0.39, 0.29) is 0 Å². The van der Waals surface area contributed by atoms with Crippen LogP contribution in [0.25, 0.3) is 0 Å². The summed E-state index contributed by atoms with van der Waals surface area (Å²) in [5.74, 6) is 3.94. The standard InChI is InChI=1S/C23H36/c1-3-4-5-19-8-12-21(13-9-19)23-16-14-22(15-17-23)20-10-6-18(2)7-11-20/h8-9,12-13,18,20,22-23H,3-7,10-11,14-17H2,1-2H3. The van der Waals surface area contributed by atoms with E-state index in [0.29, 0.717) is 0 Å². The van der Waals surface area contributed by atoms with Crippen LogP contribution in [0.3, 0.4) is 0 Å². The first-order chi connectivity index (χ1) is 11.3. The van der Waals surface area contributed by atoms with Crippen molar-refractivity contribution in [1.29, 1.82) is 0 Å². The Kier molecular flexibility index (Phi) is 6.20. The molecule has 2 aliphatic rings. The van der Waals surface area contributed by atoms with E-state index in [4.69, 9.17) is 0 Å². The van der Waals surface area contributed by atoms with Crippen molar-refractivity contribution >= 4 is 0 Å². The first-order valence-corrected chi connectivity index (χ1v) is 10.3. The quantitative estimate of drug-likeness (QED) is 0.542. The van der Waals surface area contributed by atoms with Gasteiger partial charge in [0.1, 0.15) is 0 Å². The molecule has 23 heavy (non-hydrogen) atoms. The Hall–Kier alpha value is -0.780. The summed E-state index contributed by atoms with van der Waals surface area (Å²) < 4.78 is 0. The fourth-order valence-electron chi connectivity index (χ4n) is 5.02. The van der Waals surface area contributed by atoms with E-state index < -0.39 is 0 Å². The monoisotopic (exact) mass is 312 g/mol. The minimum absolute atomic E-state index is 0.842. The molecule has 1 aromatic carbocycles. The van der Waals surface area contributed by atoms with Crippen molar-refractivity contribution in [2.24, 2.45) is 17.8 Å². The number of unbranched alkanes of at least 4 members (excludes halogenated alkanes) is 1. The summed E-state index contributed by atoms with van der Waals surface area (Å²) >= 11 is 0. The van der Waals surface area contributed by atoms with E-state index in [2.05, 4.69) is 38.1 Å². The minimum atomic E-state index is 0.842. The Labute approximate surface area is 144 Å². The van der Waals surface area contributed by atoms with Crippen LogP contribution in [0.4, 0.5) is 0 Å². The van der Waals surface area contributed by atoms with Crippen LogP contribution in [0.1, 0.15) is 95.1 Å². The molecule has 0 nitrogen and oxygen atoms in total. The second-order valence-corrected chi connectivity index (χ2v) is 8.48. The highest BCUT2D eigenvalue weighted by Crippen LogP contribution is 2.43. The van der Waals surface area contributed by atoms with Gasteiger partial charge in [-0.25, -0.2) is 0 Å². The molecule has 0 aliphatic heterocycles. The third-order valence-corrected chi connectivity index (χ3v) is 6.77. The smallest absolute Gasteiger partial charge is 0.0162 e. The summed E-state index contributed by atoms with van der Waals surface area (Å²) in [5, 5.41) is 0. The average molecular weight is 313 g/mol. The summed E-state index contributed by atoms with van der Waals surface area (Å²) in [4.78, 5) is 0. The van der Waals surface area contributed by atoms with Crippen LogP contribution in [0.2, 0.25) is 0 Å². The van der Waals surface area contributed by atoms with Crippen molar-refractivity contribution in [2.45, 2.75) is 90.4 Å². The lowest BCUT2D eigenvalue weighted by molar-refractivity contribution is 0.165. The molecule has 0 radical (unpaired) electrons. The van der Waals surface area contributed by atoms with Crippen LogP contribution in [0, 0.1) is 17.8 Å². The second-order valence-electron chi connectivity index (χ2n) is 8.48. The highest BCUT2D eigenvalue weighted by molar-refractivity contribution is 5.26. The van der Waals surface area contributed by atoms with Gasteiger partial charge >= 0.3 is 0 Å². The summed E-state index contributed by atoms with van der Waals surface area (Å²) in [6, 6.07) is 9.63. The van der Waals surface area contributed by atoms with Crippen LogP contribution >= 0.6 is 0 Å². The summed E-state index contributed by atoms with van der Waals surface area (Å²) in [7, 11) is 0.